The first-order valence-electron chi connectivity index (χ1n) is 3.87. The molecule has 0 heterocycles. The summed E-state index contributed by atoms with van der Waals surface area (Å²) in [6.45, 7) is 1.32. The van der Waals surface area contributed by atoms with Crippen LogP contribution in [0.25, 0.3) is 0 Å². The largest absolute Gasteiger partial charge is 0.374 e. The number of carbonyl (C=O) groups is 2. The van der Waals surface area contributed by atoms with Crippen molar-refractivity contribution in [2.75, 3.05) is 5.32 Å². The van der Waals surface area contributed by atoms with Crippen molar-refractivity contribution < 1.29 is 19.7 Å². The van der Waals surface area contributed by atoms with Crippen molar-refractivity contribution in [2.45, 2.75) is 6.92 Å². The molecule has 5 nitrogen and oxygen atoms in total. The predicted octanol–water partition coefficient (Wildman–Crippen LogP) is 1.27. The molecule has 5 heteroatoms. The van der Waals surface area contributed by atoms with E-state index in [2.05, 4.69) is 10.2 Å². The lowest BCUT2D eigenvalue weighted by atomic mass is 10.2. The summed E-state index contributed by atoms with van der Waals surface area (Å²) < 4.78 is 0. The second-order valence-electron chi connectivity index (χ2n) is 2.61. The molecule has 0 aliphatic rings. The van der Waals surface area contributed by atoms with Crippen molar-refractivity contribution in [1.29, 1.82) is 0 Å². The molecule has 0 aliphatic carbocycles. The van der Waals surface area contributed by atoms with E-state index in [-0.39, 0.29) is 11.5 Å². The quantitative estimate of drug-likeness (QED) is 0.550. The summed E-state index contributed by atoms with van der Waals surface area (Å²) in [5.41, 5.74) is 0.407. The molecule has 0 unspecified atom stereocenters. The van der Waals surface area contributed by atoms with Crippen LogP contribution in [-0.2, 0) is 9.68 Å². The van der Waals surface area contributed by atoms with Gasteiger partial charge in [-0.3, -0.25) is 9.68 Å². The molecule has 1 aromatic carbocycles. The van der Waals surface area contributed by atoms with Gasteiger partial charge in [-0.2, -0.15) is 5.26 Å². The van der Waals surface area contributed by atoms with Gasteiger partial charge in [0.25, 0.3) is 0 Å². The SMILES string of the molecule is CC(=O)Nc1ccccc1C(=O)OO. The summed E-state index contributed by atoms with van der Waals surface area (Å²) in [7, 11) is 0. The van der Waals surface area contributed by atoms with Crippen LogP contribution in [0, 0.1) is 0 Å². The lowest BCUT2D eigenvalue weighted by Gasteiger charge is -2.05. The van der Waals surface area contributed by atoms with E-state index in [0.29, 0.717) is 5.69 Å². The third kappa shape index (κ3) is 2.30. The first-order chi connectivity index (χ1) is 6.65. The van der Waals surface area contributed by atoms with E-state index in [9.17, 15) is 9.59 Å². The molecular formula is C9H9NO4. The van der Waals surface area contributed by atoms with Gasteiger partial charge in [-0.15, -0.1) is 0 Å². The molecule has 14 heavy (non-hydrogen) atoms. The van der Waals surface area contributed by atoms with Crippen LogP contribution in [-0.4, -0.2) is 17.1 Å². The van der Waals surface area contributed by atoms with E-state index in [4.69, 9.17) is 5.26 Å². The Morgan fingerprint density at radius 3 is 2.57 bits per heavy atom. The van der Waals surface area contributed by atoms with Crippen LogP contribution in [0.3, 0.4) is 0 Å². The second kappa shape index (κ2) is 4.38. The van der Waals surface area contributed by atoms with Gasteiger partial charge in [0.15, 0.2) is 0 Å². The maximum atomic E-state index is 11.0. The van der Waals surface area contributed by atoms with Gasteiger partial charge in [-0.05, 0) is 12.1 Å². The van der Waals surface area contributed by atoms with Gasteiger partial charge in [-0.1, -0.05) is 12.1 Å². The van der Waals surface area contributed by atoms with Crippen LogP contribution < -0.4 is 5.32 Å². The van der Waals surface area contributed by atoms with Crippen molar-refractivity contribution in [3.05, 3.63) is 29.8 Å². The molecule has 0 bridgehead atoms. The number of nitrogens with one attached hydrogen (secondary N) is 1. The van der Waals surface area contributed by atoms with Gasteiger partial charge in [0.1, 0.15) is 0 Å². The molecule has 0 aliphatic heterocycles. The fraction of sp³-hybridized carbons (Fsp3) is 0.111. The Labute approximate surface area is 80.2 Å². The first kappa shape index (κ1) is 10.2. The Morgan fingerprint density at radius 1 is 1.36 bits per heavy atom. The van der Waals surface area contributed by atoms with Gasteiger partial charge in [-0.25, -0.2) is 4.79 Å². The van der Waals surface area contributed by atoms with E-state index < -0.39 is 5.97 Å². The molecule has 1 amide bonds. The van der Waals surface area contributed by atoms with Gasteiger partial charge >= 0.3 is 5.97 Å². The molecule has 1 aromatic rings. The molecule has 0 radical (unpaired) electrons. The summed E-state index contributed by atoms with van der Waals surface area (Å²) in [5.74, 6) is -1.21. The zero-order chi connectivity index (χ0) is 10.6. The van der Waals surface area contributed by atoms with Crippen molar-refractivity contribution in [3.8, 4) is 0 Å². The van der Waals surface area contributed by atoms with Crippen LogP contribution >= 0.6 is 0 Å². The van der Waals surface area contributed by atoms with Crippen LogP contribution in [0.15, 0.2) is 24.3 Å². The Morgan fingerprint density at radius 2 is 2.00 bits per heavy atom. The third-order valence-corrected chi connectivity index (χ3v) is 1.54. The summed E-state index contributed by atoms with van der Waals surface area (Å²) in [6, 6.07) is 6.22. The zero-order valence-corrected chi connectivity index (χ0v) is 7.48. The minimum absolute atomic E-state index is 0.102. The topological polar surface area (TPSA) is 75.6 Å². The van der Waals surface area contributed by atoms with Gasteiger partial charge in [0.2, 0.25) is 5.91 Å². The number of rotatable bonds is 2. The highest BCUT2D eigenvalue weighted by Gasteiger charge is 2.12. The number of para-hydroxylation sites is 1. The summed E-state index contributed by atoms with van der Waals surface area (Å²) in [4.78, 5) is 25.3. The van der Waals surface area contributed by atoms with E-state index in [1.165, 1.54) is 19.1 Å². The van der Waals surface area contributed by atoms with Gasteiger partial charge in [0, 0.05) is 6.92 Å². The van der Waals surface area contributed by atoms with Crippen LogP contribution in [0.4, 0.5) is 5.69 Å². The van der Waals surface area contributed by atoms with Gasteiger partial charge in [0.05, 0.1) is 11.3 Å². The number of hydrogen-bond donors (Lipinski definition) is 2. The predicted molar refractivity (Wildman–Crippen MR) is 48.8 cm³/mol. The standard InChI is InChI=1S/C9H9NO4/c1-6(11)10-8-5-3-2-4-7(8)9(12)14-13/h2-5,13H,1H3,(H,10,11). The Hall–Kier alpha value is -1.88. The molecule has 0 saturated carbocycles. The van der Waals surface area contributed by atoms with Crippen LogP contribution in [0.2, 0.25) is 0 Å². The lowest BCUT2D eigenvalue weighted by molar-refractivity contribution is -0.182. The minimum Gasteiger partial charge on any atom is -0.326 e. The second-order valence-corrected chi connectivity index (χ2v) is 2.61. The minimum atomic E-state index is -0.908. The highest BCUT2D eigenvalue weighted by atomic mass is 17.1. The number of amides is 1. The molecule has 74 valence electrons. The van der Waals surface area contributed by atoms with E-state index >= 15 is 0 Å². The number of anilines is 1. The Balaban J connectivity index is 3.02. The molecule has 0 aromatic heterocycles. The maximum Gasteiger partial charge on any atom is 0.374 e. The highest BCUT2D eigenvalue weighted by molar-refractivity contribution is 6.00. The average molecular weight is 195 g/mol. The fourth-order valence-electron chi connectivity index (χ4n) is 1.01. The molecule has 0 atom stereocenters. The summed E-state index contributed by atoms with van der Waals surface area (Å²) >= 11 is 0. The van der Waals surface area contributed by atoms with Crippen molar-refractivity contribution in [2.24, 2.45) is 0 Å². The van der Waals surface area contributed by atoms with Crippen LogP contribution in [0.5, 0.6) is 0 Å². The van der Waals surface area contributed by atoms with E-state index in [1.54, 1.807) is 12.1 Å². The third-order valence-electron chi connectivity index (χ3n) is 1.54. The van der Waals surface area contributed by atoms with E-state index in [0.717, 1.165) is 0 Å². The first-order valence-corrected chi connectivity index (χ1v) is 3.87. The average Bonchev–Trinajstić information content (AvgIpc) is 2.16. The van der Waals surface area contributed by atoms with Crippen molar-refractivity contribution in [3.63, 3.8) is 0 Å². The normalized spacial score (nSPS) is 9.29. The molecule has 0 fully saturated rings. The highest BCUT2D eigenvalue weighted by Crippen LogP contribution is 2.15. The number of hydrogen-bond acceptors (Lipinski definition) is 4. The molecular weight excluding hydrogens is 186 g/mol. The lowest BCUT2D eigenvalue weighted by Crippen LogP contribution is -2.11. The monoisotopic (exact) mass is 195 g/mol. The molecule has 0 saturated heterocycles. The number of carbonyl (C=O) groups excluding carboxylic acids is 2. The van der Waals surface area contributed by atoms with Crippen LogP contribution in [0.1, 0.15) is 17.3 Å². The molecule has 1 rings (SSSR count). The summed E-state index contributed by atoms with van der Waals surface area (Å²) in [6.07, 6.45) is 0. The van der Waals surface area contributed by atoms with Crippen molar-refractivity contribution in [1.82, 2.24) is 0 Å². The van der Waals surface area contributed by atoms with Gasteiger partial charge < -0.3 is 5.32 Å². The Bertz CT molecular complexity index is 362. The summed E-state index contributed by atoms with van der Waals surface area (Å²) in [5, 5.41) is 10.6. The van der Waals surface area contributed by atoms with Crippen molar-refractivity contribution >= 4 is 17.6 Å². The Kier molecular flexibility index (Phi) is 3.19. The zero-order valence-electron chi connectivity index (χ0n) is 7.48. The molecule has 2 N–H and O–H groups in total. The molecule has 0 spiro atoms. The maximum absolute atomic E-state index is 11.0. The number of benzene rings is 1. The fourth-order valence-corrected chi connectivity index (χ4v) is 1.01. The van der Waals surface area contributed by atoms with E-state index in [1.807, 2.05) is 0 Å². The smallest absolute Gasteiger partial charge is 0.326 e.